The molecule has 0 bridgehead atoms. The van der Waals surface area contributed by atoms with Crippen LogP contribution in [0.1, 0.15) is 21.7 Å². The van der Waals surface area contributed by atoms with E-state index in [1.54, 1.807) is 0 Å². The lowest BCUT2D eigenvalue weighted by Gasteiger charge is -2.14. The number of benzene rings is 1. The average molecular weight is 290 g/mol. The first-order chi connectivity index (χ1) is 10.6. The molecule has 0 spiro atoms. The third-order valence-corrected chi connectivity index (χ3v) is 4.33. The van der Waals surface area contributed by atoms with Crippen molar-refractivity contribution in [1.29, 1.82) is 5.41 Å². The van der Waals surface area contributed by atoms with Gasteiger partial charge in [-0.05, 0) is 5.56 Å². The van der Waals surface area contributed by atoms with E-state index in [1.807, 2.05) is 52.8 Å². The van der Waals surface area contributed by atoms with E-state index >= 15 is 0 Å². The Kier molecular flexibility index (Phi) is 2.73. The van der Waals surface area contributed by atoms with Gasteiger partial charge in [-0.3, -0.25) is 4.79 Å². The molecule has 2 heterocycles. The minimum atomic E-state index is -0.148. The van der Waals surface area contributed by atoms with Crippen molar-refractivity contribution in [2.75, 3.05) is 0 Å². The second kappa shape index (κ2) is 4.63. The maximum Gasteiger partial charge on any atom is 0.224 e. The monoisotopic (exact) mass is 290 g/mol. The smallest absolute Gasteiger partial charge is 0.224 e. The van der Waals surface area contributed by atoms with E-state index in [0.717, 1.165) is 22.0 Å². The van der Waals surface area contributed by atoms with Crippen LogP contribution in [-0.2, 0) is 20.0 Å². The van der Waals surface area contributed by atoms with Crippen molar-refractivity contribution in [2.45, 2.75) is 13.0 Å². The fraction of sp³-hybridized carbons (Fsp3) is 0.167. The number of Topliss-reactive ketones (excluding diaryl/α,β-unsaturated/α-hetero) is 1. The van der Waals surface area contributed by atoms with Gasteiger partial charge in [-0.25, -0.2) is 4.57 Å². The van der Waals surface area contributed by atoms with Crippen LogP contribution in [0.2, 0.25) is 0 Å². The summed E-state index contributed by atoms with van der Waals surface area (Å²) in [6, 6.07) is 12.1. The minimum absolute atomic E-state index is 0.148. The molecule has 0 atom stereocenters. The molecule has 1 N–H and O–H groups in total. The number of aromatic nitrogens is 2. The van der Waals surface area contributed by atoms with Crippen molar-refractivity contribution >= 4 is 22.3 Å². The predicted molar refractivity (Wildman–Crippen MR) is 84.4 cm³/mol. The minimum Gasteiger partial charge on any atom is -0.339 e. The molecule has 0 saturated heterocycles. The first-order valence-electron chi connectivity index (χ1n) is 7.31. The molecule has 1 aliphatic carbocycles. The van der Waals surface area contributed by atoms with Gasteiger partial charge in [0.15, 0.2) is 11.9 Å². The number of hydrogen-bond acceptors (Lipinski definition) is 2. The quantitative estimate of drug-likeness (QED) is 0.723. The van der Waals surface area contributed by atoms with Crippen molar-refractivity contribution in [2.24, 2.45) is 7.05 Å². The molecule has 0 fully saturated rings. The fourth-order valence-electron chi connectivity index (χ4n) is 3.22. The molecule has 108 valence electrons. The van der Waals surface area contributed by atoms with Crippen LogP contribution in [-0.4, -0.2) is 16.1 Å². The third kappa shape index (κ3) is 1.80. The second-order valence-corrected chi connectivity index (χ2v) is 5.78. The largest absolute Gasteiger partial charge is 0.339 e. The van der Waals surface area contributed by atoms with Gasteiger partial charge in [-0.2, -0.15) is 0 Å². The van der Waals surface area contributed by atoms with Gasteiger partial charge in [0.05, 0.1) is 17.5 Å². The third-order valence-electron chi connectivity index (χ3n) is 4.33. The number of aryl methyl sites for hydroxylation is 1. The highest BCUT2D eigenvalue weighted by Gasteiger charge is 2.32. The molecule has 4 nitrogen and oxygen atoms in total. The van der Waals surface area contributed by atoms with Crippen molar-refractivity contribution in [3.05, 3.63) is 65.7 Å². The Morgan fingerprint density at radius 1 is 1.23 bits per heavy atom. The summed E-state index contributed by atoms with van der Waals surface area (Å²) in [5.41, 5.74) is 3.02. The molecule has 2 aromatic heterocycles. The van der Waals surface area contributed by atoms with Gasteiger partial charge in [0, 0.05) is 24.2 Å². The number of hydrogen-bond donors (Lipinski definition) is 1. The lowest BCUT2D eigenvalue weighted by Crippen LogP contribution is -2.38. The Bertz CT molecular complexity index is 922. The van der Waals surface area contributed by atoms with E-state index in [2.05, 4.69) is 12.1 Å². The van der Waals surface area contributed by atoms with E-state index < -0.39 is 0 Å². The highest BCUT2D eigenvalue weighted by atomic mass is 16.1. The summed E-state index contributed by atoms with van der Waals surface area (Å²) in [5.74, 6) is -0.148. The number of ketones is 1. The first-order valence-corrected chi connectivity index (χ1v) is 7.31. The van der Waals surface area contributed by atoms with Crippen molar-refractivity contribution < 1.29 is 9.36 Å². The topological polar surface area (TPSA) is 49.7 Å². The predicted octanol–water partition coefficient (Wildman–Crippen LogP) is 2.27. The SMILES string of the molecule is C[n+]1ccc2cn(Cc3ccccc3)c3c2c1CC(=N)C3=O. The van der Waals surface area contributed by atoms with Crippen LogP contribution < -0.4 is 4.57 Å². The number of carbonyl (C=O) groups excluding carboxylic acids is 1. The van der Waals surface area contributed by atoms with E-state index in [1.165, 1.54) is 0 Å². The van der Waals surface area contributed by atoms with Crippen LogP contribution in [0, 0.1) is 5.41 Å². The summed E-state index contributed by atoms with van der Waals surface area (Å²) < 4.78 is 4.00. The molecule has 0 amide bonds. The van der Waals surface area contributed by atoms with Crippen molar-refractivity contribution in [3.63, 3.8) is 0 Å². The summed E-state index contributed by atoms with van der Waals surface area (Å²) in [5, 5.41) is 10.1. The Morgan fingerprint density at radius 2 is 2.00 bits per heavy atom. The molecule has 3 aromatic rings. The Hall–Kier alpha value is -2.75. The molecule has 22 heavy (non-hydrogen) atoms. The molecule has 0 aliphatic heterocycles. The highest BCUT2D eigenvalue weighted by molar-refractivity contribution is 6.48. The summed E-state index contributed by atoms with van der Waals surface area (Å²) in [6.45, 7) is 0.646. The Balaban J connectivity index is 1.96. The van der Waals surface area contributed by atoms with Gasteiger partial charge in [0.1, 0.15) is 12.7 Å². The molecule has 1 aromatic carbocycles. The number of carbonyl (C=O) groups is 1. The summed E-state index contributed by atoms with van der Waals surface area (Å²) >= 11 is 0. The van der Waals surface area contributed by atoms with Gasteiger partial charge < -0.3 is 9.98 Å². The lowest BCUT2D eigenvalue weighted by atomic mass is 9.95. The standard InChI is InChI=1S/C18H16N3O/c1-20-8-7-13-11-21(10-12-5-3-2-4-6-12)17-16(13)15(20)9-14(19)18(17)22/h2-8,11,19H,9-10H2,1H3/q+1. The Morgan fingerprint density at radius 3 is 2.77 bits per heavy atom. The molecule has 4 rings (SSSR count). The highest BCUT2D eigenvalue weighted by Crippen LogP contribution is 2.28. The van der Waals surface area contributed by atoms with Gasteiger partial charge in [0.2, 0.25) is 5.78 Å². The van der Waals surface area contributed by atoms with Crippen LogP contribution in [0.15, 0.2) is 48.8 Å². The van der Waals surface area contributed by atoms with Gasteiger partial charge in [-0.1, -0.05) is 30.3 Å². The van der Waals surface area contributed by atoms with Gasteiger partial charge in [0.25, 0.3) is 0 Å². The molecule has 1 aliphatic rings. The maximum absolute atomic E-state index is 12.5. The first kappa shape index (κ1) is 13.0. The van der Waals surface area contributed by atoms with Crippen LogP contribution >= 0.6 is 0 Å². The van der Waals surface area contributed by atoms with E-state index in [0.29, 0.717) is 18.7 Å². The number of pyridine rings is 1. The van der Waals surface area contributed by atoms with Crippen LogP contribution in [0.5, 0.6) is 0 Å². The number of rotatable bonds is 2. The average Bonchev–Trinajstić information content (AvgIpc) is 2.88. The summed E-state index contributed by atoms with van der Waals surface area (Å²) in [4.78, 5) is 12.5. The fourth-order valence-corrected chi connectivity index (χ4v) is 3.22. The van der Waals surface area contributed by atoms with E-state index in [-0.39, 0.29) is 11.5 Å². The zero-order chi connectivity index (χ0) is 15.3. The molecular formula is C18H16N3O+. The molecule has 0 saturated carbocycles. The molecule has 0 unspecified atom stereocenters. The summed E-state index contributed by atoms with van der Waals surface area (Å²) in [7, 11) is 1.97. The van der Waals surface area contributed by atoms with Gasteiger partial charge >= 0.3 is 0 Å². The molecular weight excluding hydrogens is 274 g/mol. The lowest BCUT2D eigenvalue weighted by molar-refractivity contribution is -0.677. The molecule has 0 radical (unpaired) electrons. The van der Waals surface area contributed by atoms with E-state index in [4.69, 9.17) is 5.41 Å². The molecule has 4 heteroatoms. The van der Waals surface area contributed by atoms with Crippen LogP contribution in [0.3, 0.4) is 0 Å². The van der Waals surface area contributed by atoms with Crippen molar-refractivity contribution in [1.82, 2.24) is 4.57 Å². The van der Waals surface area contributed by atoms with Gasteiger partial charge in [-0.15, -0.1) is 0 Å². The Labute approximate surface area is 128 Å². The van der Waals surface area contributed by atoms with E-state index in [9.17, 15) is 4.79 Å². The normalized spacial score (nSPS) is 13.9. The summed E-state index contributed by atoms with van der Waals surface area (Å²) in [6.07, 6.45) is 4.43. The number of nitrogens with one attached hydrogen (secondary N) is 1. The zero-order valence-electron chi connectivity index (χ0n) is 12.3. The van der Waals surface area contributed by atoms with Crippen molar-refractivity contribution in [3.8, 4) is 0 Å². The zero-order valence-corrected chi connectivity index (χ0v) is 12.3. The van der Waals surface area contributed by atoms with Crippen LogP contribution in [0.4, 0.5) is 0 Å². The van der Waals surface area contributed by atoms with Crippen LogP contribution in [0.25, 0.3) is 10.8 Å². The maximum atomic E-state index is 12.5. The second-order valence-electron chi connectivity index (χ2n) is 5.78. The number of nitrogens with zero attached hydrogens (tertiary/aromatic N) is 2.